The maximum Gasteiger partial charge on any atom is 0.276 e. The third-order valence-electron chi connectivity index (χ3n) is 2.73. The molecule has 0 fully saturated rings. The molecule has 2 N–H and O–H groups in total. The minimum atomic E-state index is -0.268. The summed E-state index contributed by atoms with van der Waals surface area (Å²) in [5.74, 6) is 0.870. The predicted octanol–water partition coefficient (Wildman–Crippen LogP) is 3.58. The molecule has 1 unspecified atom stereocenters. The number of aromatic nitrogens is 2. The van der Waals surface area contributed by atoms with Gasteiger partial charge in [0.2, 0.25) is 5.89 Å². The van der Waals surface area contributed by atoms with Crippen LogP contribution in [0.1, 0.15) is 31.3 Å². The van der Waals surface area contributed by atoms with E-state index in [4.69, 9.17) is 10.2 Å². The van der Waals surface area contributed by atoms with E-state index in [0.29, 0.717) is 22.4 Å². The molecule has 2 rings (SSSR count). The lowest BCUT2D eigenvalue weighted by atomic mass is 10.1. The van der Waals surface area contributed by atoms with Crippen LogP contribution in [0.2, 0.25) is 0 Å². The standard InChI is InChI=1S/C13H16FN3OS.ClH/c1-8(2)11(15)12-16-17-13(18-12)19-7-9-5-3-4-6-10(9)14;/h3-6,8,11H,7,15H2,1-2H3;1H. The molecule has 7 heteroatoms. The van der Waals surface area contributed by atoms with Crippen molar-refractivity contribution in [2.75, 3.05) is 0 Å². The van der Waals surface area contributed by atoms with Crippen molar-refractivity contribution in [2.24, 2.45) is 11.7 Å². The second-order valence-electron chi connectivity index (χ2n) is 4.56. The van der Waals surface area contributed by atoms with E-state index in [1.165, 1.54) is 17.8 Å². The second-order valence-corrected chi connectivity index (χ2v) is 5.48. The van der Waals surface area contributed by atoms with Crippen molar-refractivity contribution < 1.29 is 8.81 Å². The number of halogens is 2. The van der Waals surface area contributed by atoms with Crippen molar-refractivity contribution in [3.05, 3.63) is 41.5 Å². The molecule has 0 saturated heterocycles. The van der Waals surface area contributed by atoms with Crippen LogP contribution in [0.25, 0.3) is 0 Å². The summed E-state index contributed by atoms with van der Waals surface area (Å²) in [5, 5.41) is 8.24. The van der Waals surface area contributed by atoms with Gasteiger partial charge in [0.25, 0.3) is 5.22 Å². The van der Waals surface area contributed by atoms with E-state index in [-0.39, 0.29) is 30.2 Å². The summed E-state index contributed by atoms with van der Waals surface area (Å²) in [6.45, 7) is 3.97. The van der Waals surface area contributed by atoms with Gasteiger partial charge in [-0.15, -0.1) is 22.6 Å². The molecule has 0 spiro atoms. The monoisotopic (exact) mass is 317 g/mol. The maximum absolute atomic E-state index is 13.4. The fourth-order valence-corrected chi connectivity index (χ4v) is 2.21. The van der Waals surface area contributed by atoms with Crippen molar-refractivity contribution in [3.8, 4) is 0 Å². The van der Waals surface area contributed by atoms with Crippen LogP contribution in [0, 0.1) is 11.7 Å². The summed E-state index contributed by atoms with van der Waals surface area (Å²) in [6.07, 6.45) is 0. The van der Waals surface area contributed by atoms with E-state index >= 15 is 0 Å². The number of hydrogen-bond donors (Lipinski definition) is 1. The Labute approximate surface area is 127 Å². The molecule has 20 heavy (non-hydrogen) atoms. The van der Waals surface area contributed by atoms with Crippen molar-refractivity contribution in [3.63, 3.8) is 0 Å². The molecule has 0 saturated carbocycles. The molecule has 2 aromatic rings. The summed E-state index contributed by atoms with van der Waals surface area (Å²) >= 11 is 1.30. The third-order valence-corrected chi connectivity index (χ3v) is 3.60. The Kier molecular flexibility index (Phi) is 6.45. The first-order chi connectivity index (χ1) is 9.08. The van der Waals surface area contributed by atoms with Gasteiger partial charge in [-0.05, 0) is 17.5 Å². The highest BCUT2D eigenvalue weighted by atomic mass is 35.5. The highest BCUT2D eigenvalue weighted by molar-refractivity contribution is 7.98. The fraction of sp³-hybridized carbons (Fsp3) is 0.385. The summed E-state index contributed by atoms with van der Waals surface area (Å²) in [4.78, 5) is 0. The molecule has 1 aromatic heterocycles. The van der Waals surface area contributed by atoms with Gasteiger partial charge in [-0.25, -0.2) is 4.39 Å². The zero-order valence-corrected chi connectivity index (χ0v) is 12.9. The molecule has 0 aliphatic carbocycles. The molecular formula is C13H17ClFN3OS. The average molecular weight is 318 g/mol. The number of thioether (sulfide) groups is 1. The van der Waals surface area contributed by atoms with Crippen LogP contribution in [0.15, 0.2) is 33.9 Å². The van der Waals surface area contributed by atoms with E-state index in [1.807, 2.05) is 13.8 Å². The van der Waals surface area contributed by atoms with Crippen LogP contribution in [0.4, 0.5) is 4.39 Å². The minimum Gasteiger partial charge on any atom is -0.414 e. The summed E-state index contributed by atoms with van der Waals surface area (Å²) in [6, 6.07) is 6.36. The van der Waals surface area contributed by atoms with Gasteiger partial charge in [0.15, 0.2) is 0 Å². The predicted molar refractivity (Wildman–Crippen MR) is 79.3 cm³/mol. The number of nitrogens with two attached hydrogens (primary N) is 1. The SMILES string of the molecule is CC(C)C(N)c1nnc(SCc2ccccc2F)o1.Cl. The van der Waals surface area contributed by atoms with Gasteiger partial charge in [0, 0.05) is 5.75 Å². The van der Waals surface area contributed by atoms with Gasteiger partial charge in [-0.1, -0.05) is 43.8 Å². The first kappa shape index (κ1) is 16.9. The van der Waals surface area contributed by atoms with E-state index in [9.17, 15) is 4.39 Å². The van der Waals surface area contributed by atoms with E-state index in [0.717, 1.165) is 0 Å². The summed E-state index contributed by atoms with van der Waals surface area (Å²) in [5.41, 5.74) is 6.53. The Morgan fingerprint density at radius 1 is 1.30 bits per heavy atom. The van der Waals surface area contributed by atoms with E-state index in [2.05, 4.69) is 10.2 Å². The van der Waals surface area contributed by atoms with Gasteiger partial charge >= 0.3 is 0 Å². The van der Waals surface area contributed by atoms with Crippen molar-refractivity contribution >= 4 is 24.2 Å². The van der Waals surface area contributed by atoms with Crippen LogP contribution in [-0.2, 0) is 5.75 Å². The third kappa shape index (κ3) is 4.19. The molecule has 1 heterocycles. The molecule has 0 radical (unpaired) electrons. The van der Waals surface area contributed by atoms with Crippen LogP contribution in [0.5, 0.6) is 0 Å². The normalized spacial score (nSPS) is 12.2. The highest BCUT2D eigenvalue weighted by Gasteiger charge is 2.18. The fourth-order valence-electron chi connectivity index (χ4n) is 1.45. The largest absolute Gasteiger partial charge is 0.414 e. The molecule has 1 atom stereocenters. The lowest BCUT2D eigenvalue weighted by molar-refractivity contribution is 0.349. The number of nitrogens with zero attached hydrogens (tertiary/aromatic N) is 2. The lowest BCUT2D eigenvalue weighted by Crippen LogP contribution is -2.16. The Morgan fingerprint density at radius 2 is 2.00 bits per heavy atom. The van der Waals surface area contributed by atoms with Crippen molar-refractivity contribution in [1.29, 1.82) is 0 Å². The highest BCUT2D eigenvalue weighted by Crippen LogP contribution is 2.25. The van der Waals surface area contributed by atoms with Crippen molar-refractivity contribution in [2.45, 2.75) is 30.9 Å². The Balaban J connectivity index is 0.00000200. The molecule has 4 nitrogen and oxygen atoms in total. The Hall–Kier alpha value is -1.11. The second kappa shape index (κ2) is 7.61. The van der Waals surface area contributed by atoms with Crippen LogP contribution in [-0.4, -0.2) is 10.2 Å². The Bertz CT molecular complexity index is 550. The van der Waals surface area contributed by atoms with Gasteiger partial charge in [-0.2, -0.15) is 0 Å². The van der Waals surface area contributed by atoms with Gasteiger partial charge in [-0.3, -0.25) is 0 Å². The summed E-state index contributed by atoms with van der Waals surface area (Å²) in [7, 11) is 0. The number of rotatable bonds is 5. The van der Waals surface area contributed by atoms with Crippen LogP contribution < -0.4 is 5.73 Å². The topological polar surface area (TPSA) is 64.9 Å². The minimum absolute atomic E-state index is 0. The van der Waals surface area contributed by atoms with Gasteiger partial charge < -0.3 is 10.2 Å². The average Bonchev–Trinajstić information content (AvgIpc) is 2.85. The Morgan fingerprint density at radius 3 is 2.65 bits per heavy atom. The quantitative estimate of drug-likeness (QED) is 0.854. The van der Waals surface area contributed by atoms with Gasteiger partial charge in [0.05, 0.1) is 6.04 Å². The zero-order valence-electron chi connectivity index (χ0n) is 11.2. The lowest BCUT2D eigenvalue weighted by Gasteiger charge is -2.09. The van der Waals surface area contributed by atoms with Crippen LogP contribution >= 0.6 is 24.2 Å². The molecule has 110 valence electrons. The molecule has 0 aliphatic heterocycles. The van der Waals surface area contributed by atoms with Gasteiger partial charge in [0.1, 0.15) is 5.82 Å². The number of benzene rings is 1. The van der Waals surface area contributed by atoms with E-state index < -0.39 is 0 Å². The number of hydrogen-bond acceptors (Lipinski definition) is 5. The molecule has 0 amide bonds. The van der Waals surface area contributed by atoms with Crippen LogP contribution in [0.3, 0.4) is 0 Å². The molecule has 0 aliphatic rings. The molecule has 0 bridgehead atoms. The zero-order chi connectivity index (χ0) is 13.8. The summed E-state index contributed by atoms with van der Waals surface area (Å²) < 4.78 is 18.9. The first-order valence-electron chi connectivity index (χ1n) is 6.03. The molecular weight excluding hydrogens is 301 g/mol. The smallest absolute Gasteiger partial charge is 0.276 e. The maximum atomic E-state index is 13.4. The van der Waals surface area contributed by atoms with Crippen molar-refractivity contribution in [1.82, 2.24) is 10.2 Å². The molecule has 1 aromatic carbocycles. The van der Waals surface area contributed by atoms with E-state index in [1.54, 1.807) is 18.2 Å². The first-order valence-corrected chi connectivity index (χ1v) is 7.01.